The molecular weight excluding hydrogens is 266 g/mol. The molecule has 22 heavy (non-hydrogen) atoms. The highest BCUT2D eigenvalue weighted by Crippen LogP contribution is 2.37. The summed E-state index contributed by atoms with van der Waals surface area (Å²) in [6.45, 7) is 4.28. The second-order valence-corrected chi connectivity index (χ2v) is 5.93. The van der Waals surface area contributed by atoms with Gasteiger partial charge in [0.2, 0.25) is 0 Å². The van der Waals surface area contributed by atoms with E-state index in [0.717, 1.165) is 0 Å². The van der Waals surface area contributed by atoms with Crippen molar-refractivity contribution in [1.82, 2.24) is 4.57 Å². The highest BCUT2D eigenvalue weighted by atomic mass is 14.9. The molecule has 0 saturated carbocycles. The third-order valence-corrected chi connectivity index (χ3v) is 4.65. The van der Waals surface area contributed by atoms with Crippen LogP contribution >= 0.6 is 0 Å². The molecule has 108 valence electrons. The molecule has 0 radical (unpaired) electrons. The highest BCUT2D eigenvalue weighted by Gasteiger charge is 2.14. The predicted molar refractivity (Wildman–Crippen MR) is 97.4 cm³/mol. The van der Waals surface area contributed by atoms with Crippen molar-refractivity contribution in [2.45, 2.75) is 13.8 Å². The van der Waals surface area contributed by atoms with Crippen LogP contribution in [0.4, 0.5) is 0 Å². The van der Waals surface area contributed by atoms with Gasteiger partial charge in [0.05, 0.1) is 0 Å². The van der Waals surface area contributed by atoms with Gasteiger partial charge in [-0.1, -0.05) is 48.6 Å². The molecule has 0 fully saturated rings. The molecule has 4 aromatic rings. The number of fused-ring (bicyclic) bond motifs is 5. The van der Waals surface area contributed by atoms with E-state index in [2.05, 4.69) is 86.1 Å². The van der Waals surface area contributed by atoms with E-state index in [4.69, 9.17) is 0 Å². The second-order valence-electron chi connectivity index (χ2n) is 5.93. The molecule has 0 spiro atoms. The van der Waals surface area contributed by atoms with Crippen molar-refractivity contribution in [3.63, 3.8) is 0 Å². The van der Waals surface area contributed by atoms with E-state index in [0.29, 0.717) is 0 Å². The van der Waals surface area contributed by atoms with Crippen LogP contribution in [0, 0.1) is 6.92 Å². The average molecular weight is 285 g/mol. The lowest BCUT2D eigenvalue weighted by atomic mass is 9.98. The van der Waals surface area contributed by atoms with Crippen molar-refractivity contribution >= 4 is 38.7 Å². The van der Waals surface area contributed by atoms with E-state index in [1.54, 1.807) is 0 Å². The van der Waals surface area contributed by atoms with Crippen LogP contribution in [0.5, 0.6) is 0 Å². The number of allylic oxidation sites excluding steroid dienone is 1. The SMILES string of the molecule is C/C=C\c1c(C)ccc2c1c1c3ccccc3ccc1n2C. The lowest BCUT2D eigenvalue weighted by molar-refractivity contribution is 1.01. The van der Waals surface area contributed by atoms with E-state index < -0.39 is 0 Å². The fraction of sp³-hybridized carbons (Fsp3) is 0.143. The van der Waals surface area contributed by atoms with Gasteiger partial charge in [-0.05, 0) is 47.9 Å². The van der Waals surface area contributed by atoms with Gasteiger partial charge in [-0.25, -0.2) is 0 Å². The van der Waals surface area contributed by atoms with E-state index in [-0.39, 0.29) is 0 Å². The quantitative estimate of drug-likeness (QED) is 0.415. The first-order chi connectivity index (χ1) is 10.7. The van der Waals surface area contributed by atoms with Gasteiger partial charge in [-0.2, -0.15) is 0 Å². The fourth-order valence-electron chi connectivity index (χ4n) is 3.57. The first-order valence-electron chi connectivity index (χ1n) is 7.74. The van der Waals surface area contributed by atoms with Gasteiger partial charge in [-0.3, -0.25) is 0 Å². The molecule has 0 amide bonds. The molecule has 0 aliphatic carbocycles. The lowest BCUT2D eigenvalue weighted by Crippen LogP contribution is -1.87. The Balaban J connectivity index is 2.38. The van der Waals surface area contributed by atoms with Crippen LogP contribution in [0.2, 0.25) is 0 Å². The molecule has 1 nitrogen and oxygen atoms in total. The normalized spacial score (nSPS) is 12.1. The maximum atomic E-state index is 2.31. The number of aryl methyl sites for hydroxylation is 2. The molecule has 0 N–H and O–H groups in total. The smallest absolute Gasteiger partial charge is 0.0495 e. The molecule has 0 atom stereocenters. The predicted octanol–water partition coefficient (Wildman–Crippen LogP) is 5.83. The maximum Gasteiger partial charge on any atom is 0.0495 e. The molecule has 0 saturated heterocycles. The van der Waals surface area contributed by atoms with Gasteiger partial charge >= 0.3 is 0 Å². The van der Waals surface area contributed by atoms with E-state index in [1.807, 2.05) is 0 Å². The van der Waals surface area contributed by atoms with E-state index >= 15 is 0 Å². The van der Waals surface area contributed by atoms with Crippen molar-refractivity contribution in [2.24, 2.45) is 7.05 Å². The van der Waals surface area contributed by atoms with E-state index in [1.165, 1.54) is 43.7 Å². The van der Waals surface area contributed by atoms with Crippen LogP contribution in [0.3, 0.4) is 0 Å². The number of aromatic nitrogens is 1. The van der Waals surface area contributed by atoms with Gasteiger partial charge in [0.25, 0.3) is 0 Å². The zero-order valence-electron chi connectivity index (χ0n) is 13.2. The summed E-state index contributed by atoms with van der Waals surface area (Å²) in [5, 5.41) is 5.37. The average Bonchev–Trinajstić information content (AvgIpc) is 2.84. The largest absolute Gasteiger partial charge is 0.344 e. The molecule has 0 bridgehead atoms. The number of hydrogen-bond acceptors (Lipinski definition) is 0. The summed E-state index contributed by atoms with van der Waals surface area (Å²) in [4.78, 5) is 0. The fourth-order valence-corrected chi connectivity index (χ4v) is 3.57. The van der Waals surface area contributed by atoms with Crippen molar-refractivity contribution in [3.05, 3.63) is 65.7 Å². The minimum absolute atomic E-state index is 1.30. The van der Waals surface area contributed by atoms with Crippen molar-refractivity contribution < 1.29 is 0 Å². The summed E-state index contributed by atoms with van der Waals surface area (Å²) < 4.78 is 2.31. The van der Waals surface area contributed by atoms with Gasteiger partial charge in [-0.15, -0.1) is 0 Å². The Morgan fingerprint density at radius 2 is 1.59 bits per heavy atom. The second kappa shape index (κ2) is 4.74. The molecule has 3 aromatic carbocycles. The summed E-state index contributed by atoms with van der Waals surface area (Å²) in [6, 6.07) is 17.6. The number of benzene rings is 3. The molecule has 1 heteroatoms. The summed E-state index contributed by atoms with van der Waals surface area (Å²) in [7, 11) is 2.16. The molecule has 1 heterocycles. The number of nitrogens with zero attached hydrogens (tertiary/aromatic N) is 1. The van der Waals surface area contributed by atoms with E-state index in [9.17, 15) is 0 Å². The van der Waals surface area contributed by atoms with Crippen LogP contribution in [-0.2, 0) is 7.05 Å². The maximum absolute atomic E-state index is 2.31. The minimum atomic E-state index is 1.30. The third-order valence-electron chi connectivity index (χ3n) is 4.65. The summed E-state index contributed by atoms with van der Waals surface area (Å²) in [5.74, 6) is 0. The minimum Gasteiger partial charge on any atom is -0.344 e. The Morgan fingerprint density at radius 3 is 2.41 bits per heavy atom. The first-order valence-corrected chi connectivity index (χ1v) is 7.74. The third kappa shape index (κ3) is 1.66. The topological polar surface area (TPSA) is 4.93 Å². The Morgan fingerprint density at radius 1 is 0.864 bits per heavy atom. The lowest BCUT2D eigenvalue weighted by Gasteiger charge is -2.05. The van der Waals surface area contributed by atoms with Crippen LogP contribution in [0.1, 0.15) is 18.1 Å². The van der Waals surface area contributed by atoms with Crippen molar-refractivity contribution in [3.8, 4) is 0 Å². The first kappa shape index (κ1) is 13.1. The number of hydrogen-bond donors (Lipinski definition) is 0. The summed E-state index contributed by atoms with van der Waals surface area (Å²) >= 11 is 0. The highest BCUT2D eigenvalue weighted by molar-refractivity contribution is 6.22. The van der Waals surface area contributed by atoms with Crippen molar-refractivity contribution in [2.75, 3.05) is 0 Å². The summed E-state index contributed by atoms with van der Waals surface area (Å²) in [6.07, 6.45) is 4.37. The number of rotatable bonds is 1. The van der Waals surface area contributed by atoms with Crippen LogP contribution in [-0.4, -0.2) is 4.57 Å². The molecule has 0 aliphatic heterocycles. The van der Waals surface area contributed by atoms with Gasteiger partial charge in [0.15, 0.2) is 0 Å². The van der Waals surface area contributed by atoms with Crippen molar-refractivity contribution in [1.29, 1.82) is 0 Å². The molecule has 1 aromatic heterocycles. The standard InChI is InChI=1S/C21H19N/c1-4-7-16-14(2)10-12-18-20(16)21-17-9-6-5-8-15(17)11-13-19(21)22(18)3/h4-13H,1-3H3/b7-4-. The Labute approximate surface area is 130 Å². The van der Waals surface area contributed by atoms with Gasteiger partial charge in [0.1, 0.15) is 0 Å². The van der Waals surface area contributed by atoms with Gasteiger partial charge < -0.3 is 4.57 Å². The van der Waals surface area contributed by atoms with Crippen LogP contribution < -0.4 is 0 Å². The van der Waals surface area contributed by atoms with Gasteiger partial charge in [0, 0.05) is 28.9 Å². The monoisotopic (exact) mass is 285 g/mol. The Bertz CT molecular complexity index is 1050. The molecule has 0 aliphatic rings. The zero-order valence-corrected chi connectivity index (χ0v) is 13.2. The molecule has 0 unspecified atom stereocenters. The Kier molecular flexibility index (Phi) is 2.83. The molecule has 4 rings (SSSR count). The summed E-state index contributed by atoms with van der Waals surface area (Å²) in [5.41, 5.74) is 5.25. The Hall–Kier alpha value is -2.54. The van der Waals surface area contributed by atoms with Crippen LogP contribution in [0.25, 0.3) is 38.7 Å². The van der Waals surface area contributed by atoms with Crippen LogP contribution in [0.15, 0.2) is 54.6 Å². The zero-order chi connectivity index (χ0) is 15.3. The molecular formula is C21H19N.